The Morgan fingerprint density at radius 1 is 1.39 bits per heavy atom. The van der Waals surface area contributed by atoms with Crippen molar-refractivity contribution >= 4 is 0 Å². The molecule has 3 unspecified atom stereocenters. The number of para-hydroxylation sites is 1. The first-order chi connectivity index (χ1) is 8.58. The Hall–Kier alpha value is -1.02. The van der Waals surface area contributed by atoms with Crippen LogP contribution in [0.15, 0.2) is 24.3 Å². The van der Waals surface area contributed by atoms with Crippen LogP contribution in [0.2, 0.25) is 0 Å². The molecule has 0 aromatic heterocycles. The molecule has 2 N–H and O–H groups in total. The molecule has 98 valence electrons. The summed E-state index contributed by atoms with van der Waals surface area (Å²) >= 11 is 0. The molecule has 3 rings (SSSR count). The quantitative estimate of drug-likeness (QED) is 0.886. The molecule has 18 heavy (non-hydrogen) atoms. The second kappa shape index (κ2) is 4.27. The van der Waals surface area contributed by atoms with Crippen LogP contribution >= 0.6 is 0 Å². The summed E-state index contributed by atoms with van der Waals surface area (Å²) in [5, 5.41) is 0. The average Bonchev–Trinajstić information content (AvgIpc) is 2.99. The van der Waals surface area contributed by atoms with Crippen LogP contribution in [-0.4, -0.2) is 12.6 Å². The number of hydrogen-bond acceptors (Lipinski definition) is 2. The van der Waals surface area contributed by atoms with Crippen LogP contribution in [0.25, 0.3) is 0 Å². The van der Waals surface area contributed by atoms with E-state index >= 15 is 0 Å². The van der Waals surface area contributed by atoms with Crippen LogP contribution in [0.4, 0.5) is 0 Å². The molecule has 2 nitrogen and oxygen atoms in total. The molecule has 0 amide bonds. The SMILES string of the molecule is CC1(C)CC1C(N)CC1CCOc2ccccc21. The third-order valence-electron chi connectivity index (χ3n) is 4.75. The lowest BCUT2D eigenvalue weighted by Gasteiger charge is -2.28. The molecule has 1 aliphatic carbocycles. The van der Waals surface area contributed by atoms with Crippen molar-refractivity contribution in [1.82, 2.24) is 0 Å². The highest BCUT2D eigenvalue weighted by molar-refractivity contribution is 5.37. The minimum Gasteiger partial charge on any atom is -0.493 e. The normalized spacial score (nSPS) is 30.2. The zero-order valence-corrected chi connectivity index (χ0v) is 11.4. The Morgan fingerprint density at radius 2 is 2.11 bits per heavy atom. The molecule has 0 radical (unpaired) electrons. The van der Waals surface area contributed by atoms with Crippen molar-refractivity contribution in [1.29, 1.82) is 0 Å². The molecule has 1 saturated carbocycles. The highest BCUT2D eigenvalue weighted by atomic mass is 16.5. The lowest BCUT2D eigenvalue weighted by Crippen LogP contribution is -2.29. The molecule has 0 spiro atoms. The molecule has 1 fully saturated rings. The fourth-order valence-electron chi connectivity index (χ4n) is 3.39. The Bertz CT molecular complexity index is 440. The second-order valence-corrected chi connectivity index (χ2v) is 6.57. The Morgan fingerprint density at radius 3 is 2.83 bits per heavy atom. The van der Waals surface area contributed by atoms with Gasteiger partial charge >= 0.3 is 0 Å². The third-order valence-corrected chi connectivity index (χ3v) is 4.75. The molecule has 1 aromatic carbocycles. The van der Waals surface area contributed by atoms with Gasteiger partial charge in [-0.2, -0.15) is 0 Å². The number of fused-ring (bicyclic) bond motifs is 1. The highest BCUT2D eigenvalue weighted by Gasteiger charge is 2.49. The summed E-state index contributed by atoms with van der Waals surface area (Å²) in [5.74, 6) is 2.37. The van der Waals surface area contributed by atoms with Gasteiger partial charge in [-0.3, -0.25) is 0 Å². The maximum Gasteiger partial charge on any atom is 0.122 e. The molecular weight excluding hydrogens is 222 g/mol. The predicted molar refractivity (Wildman–Crippen MR) is 73.8 cm³/mol. The maximum absolute atomic E-state index is 6.40. The minimum absolute atomic E-state index is 0.344. The molecule has 0 bridgehead atoms. The van der Waals surface area contributed by atoms with Gasteiger partial charge in [-0.1, -0.05) is 32.0 Å². The number of ether oxygens (including phenoxy) is 1. The lowest BCUT2D eigenvalue weighted by molar-refractivity contribution is 0.255. The van der Waals surface area contributed by atoms with E-state index in [1.165, 1.54) is 12.0 Å². The molecule has 1 aliphatic heterocycles. The van der Waals surface area contributed by atoms with Crippen molar-refractivity contribution in [2.75, 3.05) is 6.61 Å². The van der Waals surface area contributed by atoms with E-state index < -0.39 is 0 Å². The molecular formula is C16H23NO. The summed E-state index contributed by atoms with van der Waals surface area (Å²) in [6, 6.07) is 8.77. The standard InChI is InChI=1S/C16H23NO/c1-16(2)10-13(16)14(17)9-11-7-8-18-15-6-4-3-5-12(11)15/h3-6,11,13-14H,7-10,17H2,1-2H3. The van der Waals surface area contributed by atoms with Crippen molar-refractivity contribution in [3.8, 4) is 5.75 Å². The van der Waals surface area contributed by atoms with E-state index in [-0.39, 0.29) is 0 Å². The topological polar surface area (TPSA) is 35.2 Å². The van der Waals surface area contributed by atoms with Crippen LogP contribution in [0.3, 0.4) is 0 Å². The first-order valence-electron chi connectivity index (χ1n) is 7.05. The summed E-state index contributed by atoms with van der Waals surface area (Å²) in [7, 11) is 0. The fourth-order valence-corrected chi connectivity index (χ4v) is 3.39. The summed E-state index contributed by atoms with van der Waals surface area (Å²) in [4.78, 5) is 0. The number of rotatable bonds is 3. The monoisotopic (exact) mass is 245 g/mol. The van der Waals surface area contributed by atoms with E-state index in [9.17, 15) is 0 Å². The summed E-state index contributed by atoms with van der Waals surface area (Å²) in [5.41, 5.74) is 8.24. The number of benzene rings is 1. The fraction of sp³-hybridized carbons (Fsp3) is 0.625. The van der Waals surface area contributed by atoms with Gasteiger partial charge in [0.15, 0.2) is 0 Å². The first-order valence-corrected chi connectivity index (χ1v) is 7.05. The average molecular weight is 245 g/mol. The minimum atomic E-state index is 0.344. The van der Waals surface area contributed by atoms with E-state index in [0.29, 0.717) is 23.3 Å². The van der Waals surface area contributed by atoms with Crippen LogP contribution < -0.4 is 10.5 Å². The predicted octanol–water partition coefficient (Wildman–Crippen LogP) is 3.32. The van der Waals surface area contributed by atoms with Gasteiger partial charge in [0.1, 0.15) is 5.75 Å². The Kier molecular flexibility index (Phi) is 2.86. The maximum atomic E-state index is 6.40. The van der Waals surface area contributed by atoms with Gasteiger partial charge in [0.05, 0.1) is 6.61 Å². The van der Waals surface area contributed by atoms with Gasteiger partial charge in [-0.15, -0.1) is 0 Å². The first kappa shape index (κ1) is 12.0. The van der Waals surface area contributed by atoms with Gasteiger partial charge in [-0.05, 0) is 48.1 Å². The third kappa shape index (κ3) is 2.14. The van der Waals surface area contributed by atoms with E-state index in [1.807, 2.05) is 6.07 Å². The van der Waals surface area contributed by atoms with Crippen molar-refractivity contribution in [2.45, 2.75) is 45.1 Å². The van der Waals surface area contributed by atoms with E-state index in [2.05, 4.69) is 32.0 Å². The van der Waals surface area contributed by atoms with Gasteiger partial charge in [0.2, 0.25) is 0 Å². The van der Waals surface area contributed by atoms with Crippen molar-refractivity contribution in [3.05, 3.63) is 29.8 Å². The van der Waals surface area contributed by atoms with Crippen LogP contribution in [0.1, 0.15) is 44.6 Å². The van der Waals surface area contributed by atoms with Crippen molar-refractivity contribution in [2.24, 2.45) is 17.1 Å². The summed E-state index contributed by atoms with van der Waals surface area (Å²) < 4.78 is 5.71. The largest absolute Gasteiger partial charge is 0.493 e. The van der Waals surface area contributed by atoms with Crippen molar-refractivity contribution < 1.29 is 4.74 Å². The zero-order valence-electron chi connectivity index (χ0n) is 11.4. The zero-order chi connectivity index (χ0) is 12.8. The summed E-state index contributed by atoms with van der Waals surface area (Å²) in [6.07, 6.45) is 3.51. The van der Waals surface area contributed by atoms with Gasteiger partial charge in [0, 0.05) is 6.04 Å². The Balaban J connectivity index is 1.71. The van der Waals surface area contributed by atoms with Gasteiger partial charge < -0.3 is 10.5 Å². The molecule has 1 heterocycles. The highest BCUT2D eigenvalue weighted by Crippen LogP contribution is 2.54. The van der Waals surface area contributed by atoms with E-state index in [4.69, 9.17) is 10.5 Å². The Labute approximate surface area is 110 Å². The molecule has 1 aromatic rings. The molecule has 2 heteroatoms. The van der Waals surface area contributed by atoms with Gasteiger partial charge in [0.25, 0.3) is 0 Å². The van der Waals surface area contributed by atoms with Crippen LogP contribution in [0.5, 0.6) is 5.75 Å². The smallest absolute Gasteiger partial charge is 0.122 e. The summed E-state index contributed by atoms with van der Waals surface area (Å²) in [6.45, 7) is 5.49. The molecule has 0 saturated heterocycles. The van der Waals surface area contributed by atoms with E-state index in [0.717, 1.165) is 25.2 Å². The van der Waals surface area contributed by atoms with Crippen LogP contribution in [0, 0.1) is 11.3 Å². The van der Waals surface area contributed by atoms with E-state index in [1.54, 1.807) is 0 Å². The molecule has 2 aliphatic rings. The lowest BCUT2D eigenvalue weighted by atomic mass is 9.85. The van der Waals surface area contributed by atoms with Crippen LogP contribution in [-0.2, 0) is 0 Å². The second-order valence-electron chi connectivity index (χ2n) is 6.57. The number of hydrogen-bond donors (Lipinski definition) is 1. The number of nitrogens with two attached hydrogens (primary N) is 1. The van der Waals surface area contributed by atoms with Gasteiger partial charge in [-0.25, -0.2) is 0 Å². The molecule has 3 atom stereocenters. The van der Waals surface area contributed by atoms with Crippen molar-refractivity contribution in [3.63, 3.8) is 0 Å².